The van der Waals surface area contributed by atoms with Crippen molar-refractivity contribution in [2.24, 2.45) is 5.92 Å². The maximum Gasteiger partial charge on any atom is 0.303 e. The number of halogens is 2. The van der Waals surface area contributed by atoms with Gasteiger partial charge in [0.15, 0.2) is 0 Å². The van der Waals surface area contributed by atoms with E-state index >= 15 is 0 Å². The van der Waals surface area contributed by atoms with Crippen LogP contribution in [0.15, 0.2) is 0 Å². The molecular weight excluding hydrogens is 330 g/mol. The minimum atomic E-state index is -2.91. The molecule has 3 aliphatic rings. The fourth-order valence-electron chi connectivity index (χ4n) is 4.04. The van der Waals surface area contributed by atoms with Gasteiger partial charge in [-0.15, -0.1) is 0 Å². The largest absolute Gasteiger partial charge is 0.481 e. The van der Waals surface area contributed by atoms with Crippen LogP contribution < -0.4 is 9.80 Å². The van der Waals surface area contributed by atoms with E-state index in [2.05, 4.69) is 9.97 Å². The highest BCUT2D eigenvalue weighted by molar-refractivity contribution is 5.67. The fraction of sp³-hybridized carbons (Fsp3) is 0.706. The molecule has 0 aromatic carbocycles. The number of carboxylic acid groups (broad SMARTS) is 1. The second kappa shape index (κ2) is 5.78. The monoisotopic (exact) mass is 352 g/mol. The molecule has 2 saturated heterocycles. The number of anilines is 2. The Morgan fingerprint density at radius 3 is 2.76 bits per heavy atom. The van der Waals surface area contributed by atoms with E-state index in [1.807, 2.05) is 16.7 Å². The number of alkyl halides is 2. The number of aromatic nitrogens is 2. The zero-order chi connectivity index (χ0) is 17.8. The number of rotatable bonds is 4. The first kappa shape index (κ1) is 16.5. The molecular formula is C17H22F2N4O2. The van der Waals surface area contributed by atoms with Crippen LogP contribution >= 0.6 is 0 Å². The molecule has 2 aliphatic heterocycles. The van der Waals surface area contributed by atoms with Crippen molar-refractivity contribution in [3.63, 3.8) is 0 Å². The first-order chi connectivity index (χ1) is 11.8. The third-order valence-electron chi connectivity index (χ3n) is 5.63. The number of aliphatic carboxylic acids is 1. The Bertz CT molecular complexity index is 712. The van der Waals surface area contributed by atoms with E-state index < -0.39 is 11.9 Å². The summed E-state index contributed by atoms with van der Waals surface area (Å²) in [6, 6.07) is 0.263. The topological polar surface area (TPSA) is 69.6 Å². The van der Waals surface area contributed by atoms with Crippen molar-refractivity contribution in [2.75, 3.05) is 29.4 Å². The minimum Gasteiger partial charge on any atom is -0.481 e. The molecule has 1 aromatic rings. The number of carbonyl (C=O) groups is 1. The third kappa shape index (κ3) is 2.81. The summed E-state index contributed by atoms with van der Waals surface area (Å²) in [6.45, 7) is 4.03. The van der Waals surface area contributed by atoms with E-state index in [4.69, 9.17) is 5.11 Å². The highest BCUT2D eigenvalue weighted by Gasteiger charge is 2.45. The molecule has 0 spiro atoms. The van der Waals surface area contributed by atoms with Gasteiger partial charge in [-0.3, -0.25) is 4.79 Å². The van der Waals surface area contributed by atoms with Crippen LogP contribution in [-0.4, -0.2) is 46.7 Å². The lowest BCUT2D eigenvalue weighted by atomic mass is 10.1. The Morgan fingerprint density at radius 2 is 2.12 bits per heavy atom. The second-order valence-corrected chi connectivity index (χ2v) is 7.41. The van der Waals surface area contributed by atoms with Gasteiger partial charge in [0.1, 0.15) is 11.5 Å². The van der Waals surface area contributed by atoms with Gasteiger partial charge in [0.2, 0.25) is 5.95 Å². The lowest BCUT2D eigenvalue weighted by Crippen LogP contribution is -2.47. The Labute approximate surface area is 144 Å². The van der Waals surface area contributed by atoms with Gasteiger partial charge in [-0.25, -0.2) is 4.98 Å². The van der Waals surface area contributed by atoms with Crippen LogP contribution in [-0.2, 0) is 17.1 Å². The molecule has 136 valence electrons. The second-order valence-electron chi connectivity index (χ2n) is 7.41. The summed E-state index contributed by atoms with van der Waals surface area (Å²) in [4.78, 5) is 23.7. The predicted octanol–water partition coefficient (Wildman–Crippen LogP) is 2.41. The van der Waals surface area contributed by atoms with Crippen LogP contribution in [0.5, 0.6) is 0 Å². The van der Waals surface area contributed by atoms with Gasteiger partial charge in [-0.05, 0) is 32.1 Å². The molecule has 2 atom stereocenters. The molecule has 1 aromatic heterocycles. The lowest BCUT2D eigenvalue weighted by Gasteiger charge is -2.39. The summed E-state index contributed by atoms with van der Waals surface area (Å²) in [6.07, 6.45) is 1.91. The average molecular weight is 352 g/mol. The molecule has 8 heteroatoms. The number of hydrogen-bond donors (Lipinski definition) is 1. The van der Waals surface area contributed by atoms with Gasteiger partial charge >= 0.3 is 5.97 Å². The van der Waals surface area contributed by atoms with E-state index in [0.29, 0.717) is 30.4 Å². The number of carboxylic acids is 1. The summed E-state index contributed by atoms with van der Waals surface area (Å²) < 4.78 is 28.6. The highest BCUT2D eigenvalue weighted by atomic mass is 19.3. The van der Waals surface area contributed by atoms with Crippen molar-refractivity contribution >= 4 is 17.7 Å². The maximum absolute atomic E-state index is 14.3. The molecule has 25 heavy (non-hydrogen) atoms. The van der Waals surface area contributed by atoms with Crippen molar-refractivity contribution in [1.29, 1.82) is 0 Å². The van der Waals surface area contributed by atoms with E-state index in [9.17, 15) is 13.6 Å². The molecule has 6 nitrogen and oxygen atoms in total. The molecule has 0 bridgehead atoms. The minimum absolute atomic E-state index is 0.0383. The fourth-order valence-corrected chi connectivity index (χ4v) is 4.04. The summed E-state index contributed by atoms with van der Waals surface area (Å²) in [5.41, 5.74) is 0.409. The highest BCUT2D eigenvalue weighted by Crippen LogP contribution is 2.45. The zero-order valence-electron chi connectivity index (χ0n) is 14.2. The van der Waals surface area contributed by atoms with Crippen LogP contribution in [0, 0.1) is 5.92 Å². The van der Waals surface area contributed by atoms with E-state index in [1.165, 1.54) is 0 Å². The van der Waals surface area contributed by atoms with E-state index in [1.54, 1.807) is 0 Å². The molecule has 0 amide bonds. The SMILES string of the molecule is C[C@H]1CCN1c1nc(N2CC[C@H](CC(=O)O)C2)c2c(n1)C(F)(F)CC2. The zero-order valence-corrected chi connectivity index (χ0v) is 14.2. The smallest absolute Gasteiger partial charge is 0.303 e. The number of fused-ring (bicyclic) bond motifs is 1. The number of hydrogen-bond acceptors (Lipinski definition) is 5. The first-order valence-electron chi connectivity index (χ1n) is 8.88. The molecule has 2 fully saturated rings. The average Bonchev–Trinajstić information content (AvgIpc) is 3.10. The Kier molecular flexibility index (Phi) is 3.81. The van der Waals surface area contributed by atoms with Crippen LogP contribution in [0.4, 0.5) is 20.5 Å². The standard InChI is InChI=1S/C17H22F2N4O2/c1-10-3-7-23(10)16-20-14-12(2-5-17(14,18)19)15(21-16)22-6-4-11(9-22)8-13(24)25/h10-11H,2-9H2,1H3,(H,24,25)/t10-,11+/m0/s1. The summed E-state index contributed by atoms with van der Waals surface area (Å²) in [7, 11) is 0. The molecule has 3 heterocycles. The quantitative estimate of drug-likeness (QED) is 0.897. The summed E-state index contributed by atoms with van der Waals surface area (Å²) in [5.74, 6) is -2.71. The van der Waals surface area contributed by atoms with Crippen LogP contribution in [0.25, 0.3) is 0 Å². The van der Waals surface area contributed by atoms with Gasteiger partial charge in [-0.2, -0.15) is 13.8 Å². The van der Waals surface area contributed by atoms with Gasteiger partial charge in [0.25, 0.3) is 5.92 Å². The Morgan fingerprint density at radius 1 is 1.32 bits per heavy atom. The van der Waals surface area contributed by atoms with Gasteiger partial charge in [-0.1, -0.05) is 0 Å². The molecule has 0 saturated carbocycles. The van der Waals surface area contributed by atoms with Crippen molar-refractivity contribution in [3.05, 3.63) is 11.3 Å². The van der Waals surface area contributed by atoms with Crippen LogP contribution in [0.2, 0.25) is 0 Å². The van der Waals surface area contributed by atoms with E-state index in [0.717, 1.165) is 19.4 Å². The van der Waals surface area contributed by atoms with Gasteiger partial charge in [0, 0.05) is 44.1 Å². The molecule has 1 N–H and O–H groups in total. The van der Waals surface area contributed by atoms with Crippen LogP contribution in [0.1, 0.15) is 43.9 Å². The molecule has 4 rings (SSSR count). The van der Waals surface area contributed by atoms with Crippen molar-refractivity contribution < 1.29 is 18.7 Å². The summed E-state index contributed by atoms with van der Waals surface area (Å²) in [5, 5.41) is 8.99. The molecule has 1 aliphatic carbocycles. The normalized spacial score (nSPS) is 27.3. The van der Waals surface area contributed by atoms with Crippen molar-refractivity contribution in [1.82, 2.24) is 9.97 Å². The van der Waals surface area contributed by atoms with Crippen molar-refractivity contribution in [3.8, 4) is 0 Å². The third-order valence-corrected chi connectivity index (χ3v) is 5.63. The maximum atomic E-state index is 14.3. The molecule has 0 unspecified atom stereocenters. The van der Waals surface area contributed by atoms with Gasteiger partial charge < -0.3 is 14.9 Å². The molecule has 0 radical (unpaired) electrons. The van der Waals surface area contributed by atoms with E-state index in [-0.39, 0.29) is 36.9 Å². The van der Waals surface area contributed by atoms with Crippen LogP contribution in [0.3, 0.4) is 0 Å². The predicted molar refractivity (Wildman–Crippen MR) is 88.2 cm³/mol. The Hall–Kier alpha value is -1.99. The van der Waals surface area contributed by atoms with Gasteiger partial charge in [0.05, 0.1) is 0 Å². The number of nitrogens with zero attached hydrogens (tertiary/aromatic N) is 4. The van der Waals surface area contributed by atoms with Crippen molar-refractivity contribution in [2.45, 2.75) is 51.0 Å². The lowest BCUT2D eigenvalue weighted by molar-refractivity contribution is -0.137. The Balaban J connectivity index is 1.68. The summed E-state index contributed by atoms with van der Waals surface area (Å²) >= 11 is 0. The first-order valence-corrected chi connectivity index (χ1v) is 8.88.